The third-order valence-electron chi connectivity index (χ3n) is 3.82. The lowest BCUT2D eigenvalue weighted by molar-refractivity contribution is 0.0954. The molecule has 2 rings (SSSR count). The van der Waals surface area contributed by atoms with Crippen molar-refractivity contribution in [2.24, 2.45) is 0 Å². The number of carbonyl (C=O) groups excluding carboxylic acids is 1. The summed E-state index contributed by atoms with van der Waals surface area (Å²) in [6.07, 6.45) is 0.102. The largest absolute Gasteiger partial charge is 0.493 e. The van der Waals surface area contributed by atoms with Crippen LogP contribution < -0.4 is 20.1 Å². The van der Waals surface area contributed by atoms with Crippen LogP contribution in [0.2, 0.25) is 0 Å². The van der Waals surface area contributed by atoms with Crippen LogP contribution in [0.25, 0.3) is 0 Å². The highest BCUT2D eigenvalue weighted by molar-refractivity contribution is 5.94. The molecule has 0 atom stereocenters. The molecular weight excluding hydrogens is 328 g/mol. The zero-order chi connectivity index (χ0) is 18.9. The predicted octanol–water partition coefficient (Wildman–Crippen LogP) is 3.31. The van der Waals surface area contributed by atoms with E-state index >= 15 is 0 Å². The van der Waals surface area contributed by atoms with E-state index in [9.17, 15) is 4.79 Å². The molecule has 26 heavy (non-hydrogen) atoms. The molecule has 5 heteroatoms. The maximum absolute atomic E-state index is 12.0. The second-order valence-electron chi connectivity index (χ2n) is 6.45. The first kappa shape index (κ1) is 19.8. The first-order valence-corrected chi connectivity index (χ1v) is 8.88. The van der Waals surface area contributed by atoms with Crippen molar-refractivity contribution in [3.63, 3.8) is 0 Å². The normalized spacial score (nSPS) is 10.7. The maximum Gasteiger partial charge on any atom is 0.251 e. The van der Waals surface area contributed by atoms with Gasteiger partial charge in [0.2, 0.25) is 0 Å². The number of methoxy groups -OCH3 is 1. The Hall–Kier alpha value is -2.53. The highest BCUT2D eigenvalue weighted by atomic mass is 16.5. The lowest BCUT2D eigenvalue weighted by Gasteiger charge is -2.15. The van der Waals surface area contributed by atoms with Crippen molar-refractivity contribution < 1.29 is 14.3 Å². The summed E-state index contributed by atoms with van der Waals surface area (Å²) in [5.74, 6) is 1.42. The lowest BCUT2D eigenvalue weighted by atomic mass is 10.1. The first-order valence-electron chi connectivity index (χ1n) is 8.88. The van der Waals surface area contributed by atoms with Crippen molar-refractivity contribution in [3.05, 3.63) is 59.2 Å². The van der Waals surface area contributed by atoms with Gasteiger partial charge in [-0.2, -0.15) is 0 Å². The average molecular weight is 356 g/mol. The van der Waals surface area contributed by atoms with Crippen LogP contribution in [0.5, 0.6) is 11.5 Å². The molecule has 0 saturated heterocycles. The smallest absolute Gasteiger partial charge is 0.251 e. The van der Waals surface area contributed by atoms with Crippen molar-refractivity contribution >= 4 is 5.91 Å². The second-order valence-corrected chi connectivity index (χ2v) is 6.45. The molecule has 0 fully saturated rings. The van der Waals surface area contributed by atoms with Crippen LogP contribution in [0.3, 0.4) is 0 Å². The number of nitrogens with one attached hydrogen (secondary N) is 2. The highest BCUT2D eigenvalue weighted by Crippen LogP contribution is 2.28. The molecule has 140 valence electrons. The molecule has 0 aromatic heterocycles. The molecule has 0 unspecified atom stereocenters. The van der Waals surface area contributed by atoms with Crippen LogP contribution in [-0.2, 0) is 6.54 Å². The summed E-state index contributed by atoms with van der Waals surface area (Å²) in [7, 11) is 1.64. The Morgan fingerprint density at radius 2 is 1.77 bits per heavy atom. The summed E-state index contributed by atoms with van der Waals surface area (Å²) >= 11 is 0. The fraction of sp³-hybridized carbons (Fsp3) is 0.381. The van der Waals surface area contributed by atoms with Crippen molar-refractivity contribution in [1.82, 2.24) is 10.6 Å². The first-order chi connectivity index (χ1) is 12.5. The zero-order valence-corrected chi connectivity index (χ0v) is 16.0. The molecule has 0 aliphatic carbocycles. The van der Waals surface area contributed by atoms with Gasteiger partial charge in [-0.1, -0.05) is 23.8 Å². The number of rotatable bonds is 9. The van der Waals surface area contributed by atoms with Gasteiger partial charge in [0, 0.05) is 25.2 Å². The Labute approximate surface area is 155 Å². The van der Waals surface area contributed by atoms with Crippen LogP contribution in [0.1, 0.15) is 35.3 Å². The van der Waals surface area contributed by atoms with E-state index in [-0.39, 0.29) is 12.0 Å². The number of aryl methyl sites for hydroxylation is 1. The van der Waals surface area contributed by atoms with E-state index in [2.05, 4.69) is 10.6 Å². The van der Waals surface area contributed by atoms with Gasteiger partial charge < -0.3 is 20.1 Å². The minimum Gasteiger partial charge on any atom is -0.493 e. The van der Waals surface area contributed by atoms with Crippen LogP contribution in [0.4, 0.5) is 0 Å². The number of hydrogen-bond acceptors (Lipinski definition) is 4. The number of carbonyl (C=O) groups is 1. The molecule has 5 nitrogen and oxygen atoms in total. The average Bonchev–Trinajstić information content (AvgIpc) is 2.62. The number of hydrogen-bond donors (Lipinski definition) is 2. The fourth-order valence-corrected chi connectivity index (χ4v) is 2.48. The molecule has 2 aromatic rings. The molecule has 1 amide bonds. The van der Waals surface area contributed by atoms with Crippen molar-refractivity contribution in [1.29, 1.82) is 0 Å². The third kappa shape index (κ3) is 6.08. The Bertz CT molecular complexity index is 712. The molecule has 0 heterocycles. The highest BCUT2D eigenvalue weighted by Gasteiger charge is 2.08. The monoisotopic (exact) mass is 356 g/mol. The Kier molecular flexibility index (Phi) is 7.48. The molecule has 0 saturated carbocycles. The Balaban J connectivity index is 1.75. The van der Waals surface area contributed by atoms with Gasteiger partial charge in [0.25, 0.3) is 5.91 Å². The van der Waals surface area contributed by atoms with Gasteiger partial charge in [0.15, 0.2) is 11.5 Å². The van der Waals surface area contributed by atoms with E-state index in [4.69, 9.17) is 9.47 Å². The van der Waals surface area contributed by atoms with Gasteiger partial charge in [-0.3, -0.25) is 4.79 Å². The van der Waals surface area contributed by atoms with E-state index in [1.54, 1.807) is 7.11 Å². The van der Waals surface area contributed by atoms with Crippen LogP contribution in [-0.4, -0.2) is 32.2 Å². The predicted molar refractivity (Wildman–Crippen MR) is 104 cm³/mol. The standard InChI is InChI=1S/C21H28N2O3/c1-15(2)26-19-10-7-17(13-20(19)25-4)14-22-11-12-23-21(24)18-8-5-16(3)6-9-18/h5-10,13,15,22H,11-12,14H2,1-4H3,(H,23,24). The van der Waals surface area contributed by atoms with E-state index in [0.29, 0.717) is 25.2 Å². The number of ether oxygens (including phenoxy) is 2. The maximum atomic E-state index is 12.0. The van der Waals surface area contributed by atoms with Crippen LogP contribution in [0, 0.1) is 6.92 Å². The number of amides is 1. The van der Waals surface area contributed by atoms with Crippen molar-refractivity contribution in [2.75, 3.05) is 20.2 Å². The Morgan fingerprint density at radius 3 is 2.42 bits per heavy atom. The summed E-state index contributed by atoms with van der Waals surface area (Å²) in [5.41, 5.74) is 2.92. The summed E-state index contributed by atoms with van der Waals surface area (Å²) in [4.78, 5) is 12.0. The fourth-order valence-electron chi connectivity index (χ4n) is 2.48. The summed E-state index contributed by atoms with van der Waals surface area (Å²) in [5, 5.41) is 6.23. The molecule has 0 aliphatic heterocycles. The van der Waals surface area contributed by atoms with Gasteiger partial charge in [0.05, 0.1) is 13.2 Å². The van der Waals surface area contributed by atoms with Crippen molar-refractivity contribution in [3.8, 4) is 11.5 Å². The van der Waals surface area contributed by atoms with Gasteiger partial charge in [-0.25, -0.2) is 0 Å². The molecular formula is C21H28N2O3. The van der Waals surface area contributed by atoms with Crippen molar-refractivity contribution in [2.45, 2.75) is 33.4 Å². The minimum atomic E-state index is -0.0522. The molecule has 2 N–H and O–H groups in total. The van der Waals surface area contributed by atoms with E-state index in [0.717, 1.165) is 22.6 Å². The van der Waals surface area contributed by atoms with Gasteiger partial charge in [-0.05, 0) is 50.6 Å². The minimum absolute atomic E-state index is 0.0522. The molecule has 0 bridgehead atoms. The second kappa shape index (κ2) is 9.82. The molecule has 0 radical (unpaired) electrons. The lowest BCUT2D eigenvalue weighted by Crippen LogP contribution is -2.31. The van der Waals surface area contributed by atoms with Crippen LogP contribution in [0.15, 0.2) is 42.5 Å². The Morgan fingerprint density at radius 1 is 1.04 bits per heavy atom. The summed E-state index contributed by atoms with van der Waals surface area (Å²) < 4.78 is 11.1. The number of benzene rings is 2. The van der Waals surface area contributed by atoms with E-state index in [1.165, 1.54) is 0 Å². The van der Waals surface area contributed by atoms with Gasteiger partial charge >= 0.3 is 0 Å². The third-order valence-corrected chi connectivity index (χ3v) is 3.82. The van der Waals surface area contributed by atoms with E-state index < -0.39 is 0 Å². The van der Waals surface area contributed by atoms with E-state index in [1.807, 2.05) is 63.2 Å². The quantitative estimate of drug-likeness (QED) is 0.677. The van der Waals surface area contributed by atoms with Gasteiger partial charge in [-0.15, -0.1) is 0 Å². The summed E-state index contributed by atoms with van der Waals surface area (Å²) in [6.45, 7) is 7.92. The SMILES string of the molecule is COc1cc(CNCCNC(=O)c2ccc(C)cc2)ccc1OC(C)C. The topological polar surface area (TPSA) is 59.6 Å². The summed E-state index contributed by atoms with van der Waals surface area (Å²) in [6, 6.07) is 13.5. The van der Waals surface area contributed by atoms with Crippen LogP contribution >= 0.6 is 0 Å². The molecule has 0 spiro atoms. The zero-order valence-electron chi connectivity index (χ0n) is 16.0. The molecule has 0 aliphatic rings. The van der Waals surface area contributed by atoms with Gasteiger partial charge in [0.1, 0.15) is 0 Å². The molecule has 2 aromatic carbocycles.